The second-order valence-corrected chi connectivity index (χ2v) is 7.97. The van der Waals surface area contributed by atoms with E-state index in [4.69, 9.17) is 20.6 Å². The van der Waals surface area contributed by atoms with Crippen molar-refractivity contribution in [2.24, 2.45) is 0 Å². The van der Waals surface area contributed by atoms with Gasteiger partial charge in [0.1, 0.15) is 5.75 Å². The first-order valence-electron chi connectivity index (χ1n) is 8.29. The van der Waals surface area contributed by atoms with Crippen molar-refractivity contribution in [1.29, 1.82) is 0 Å². The third kappa shape index (κ3) is 7.67. The average molecular weight is 347 g/mol. The Bertz CT molecular complexity index is 465. The minimum Gasteiger partial charge on any atom is -0.423 e. The Morgan fingerprint density at radius 1 is 1.00 bits per heavy atom. The first-order chi connectivity index (χ1) is 10.6. The predicted octanol–water partition coefficient (Wildman–Crippen LogP) is 6.70. The Morgan fingerprint density at radius 3 is 2.36 bits per heavy atom. The highest BCUT2D eigenvalue weighted by atomic mass is 35.5. The number of para-hydroxylation sites is 1. The van der Waals surface area contributed by atoms with Crippen LogP contribution in [-0.2, 0) is 9.09 Å². The molecule has 0 aliphatic rings. The molecule has 0 heterocycles. The number of unbranched alkanes of at least 4 members (excludes halogenated alkanes) is 5. The first kappa shape index (κ1) is 19.5. The summed E-state index contributed by atoms with van der Waals surface area (Å²) in [7, 11) is -3.12. The van der Waals surface area contributed by atoms with Crippen molar-refractivity contribution in [3.8, 4) is 5.75 Å². The van der Waals surface area contributed by atoms with Crippen molar-refractivity contribution in [1.82, 2.24) is 0 Å². The largest absolute Gasteiger partial charge is 0.423 e. The molecule has 1 atom stereocenters. The van der Waals surface area contributed by atoms with Gasteiger partial charge in [-0.05, 0) is 25.0 Å². The van der Waals surface area contributed by atoms with Crippen LogP contribution in [0.3, 0.4) is 0 Å². The molecule has 0 bridgehead atoms. The highest BCUT2D eigenvalue weighted by Gasteiger charge is 2.26. The van der Waals surface area contributed by atoms with Crippen molar-refractivity contribution >= 4 is 19.2 Å². The Kier molecular flexibility index (Phi) is 9.86. The molecule has 0 aromatic heterocycles. The zero-order chi connectivity index (χ0) is 16.3. The summed E-state index contributed by atoms with van der Waals surface area (Å²) in [5.74, 6) is 0.439. The third-order valence-electron chi connectivity index (χ3n) is 3.40. The molecule has 0 N–H and O–H groups in total. The van der Waals surface area contributed by atoms with Gasteiger partial charge in [-0.25, -0.2) is 4.57 Å². The molecule has 0 spiro atoms. The van der Waals surface area contributed by atoms with Gasteiger partial charge in [0, 0.05) is 0 Å². The SMILES string of the molecule is CCCCCCCOP(=O)(CCCC)Oc1ccccc1Cl. The van der Waals surface area contributed by atoms with E-state index in [1.807, 2.05) is 12.1 Å². The fraction of sp³-hybridized carbons (Fsp3) is 0.647. The molecule has 0 radical (unpaired) electrons. The van der Waals surface area contributed by atoms with Crippen LogP contribution in [0.1, 0.15) is 58.8 Å². The molecule has 1 aromatic rings. The van der Waals surface area contributed by atoms with Crippen LogP contribution in [-0.4, -0.2) is 12.8 Å². The molecule has 0 amide bonds. The highest BCUT2D eigenvalue weighted by Crippen LogP contribution is 2.50. The van der Waals surface area contributed by atoms with Gasteiger partial charge in [-0.1, -0.05) is 69.7 Å². The first-order valence-corrected chi connectivity index (χ1v) is 10.4. The molecule has 0 aliphatic heterocycles. The summed E-state index contributed by atoms with van der Waals surface area (Å²) < 4.78 is 24.2. The third-order valence-corrected chi connectivity index (χ3v) is 5.62. The molecule has 1 rings (SSSR count). The molecule has 5 heteroatoms. The maximum Gasteiger partial charge on any atom is 0.379 e. The van der Waals surface area contributed by atoms with E-state index < -0.39 is 7.60 Å². The Labute approximate surface area is 139 Å². The van der Waals surface area contributed by atoms with Gasteiger partial charge in [0.15, 0.2) is 0 Å². The van der Waals surface area contributed by atoms with Crippen LogP contribution in [0.15, 0.2) is 24.3 Å². The van der Waals surface area contributed by atoms with E-state index in [0.29, 0.717) is 23.5 Å². The van der Waals surface area contributed by atoms with Gasteiger partial charge in [-0.15, -0.1) is 0 Å². The highest BCUT2D eigenvalue weighted by molar-refractivity contribution is 7.54. The van der Waals surface area contributed by atoms with Crippen LogP contribution in [0.4, 0.5) is 0 Å². The summed E-state index contributed by atoms with van der Waals surface area (Å²) in [6.45, 7) is 4.73. The quantitative estimate of drug-likeness (QED) is 0.312. The van der Waals surface area contributed by atoms with Gasteiger partial charge in [0.05, 0.1) is 17.8 Å². The van der Waals surface area contributed by atoms with Crippen molar-refractivity contribution in [3.63, 3.8) is 0 Å². The van der Waals surface area contributed by atoms with Gasteiger partial charge >= 0.3 is 7.60 Å². The van der Waals surface area contributed by atoms with Crippen molar-refractivity contribution in [3.05, 3.63) is 29.3 Å². The summed E-state index contributed by atoms with van der Waals surface area (Å²) in [5, 5.41) is 0.464. The molecular weight excluding hydrogens is 319 g/mol. The lowest BCUT2D eigenvalue weighted by Crippen LogP contribution is -2.04. The van der Waals surface area contributed by atoms with Crippen molar-refractivity contribution in [2.45, 2.75) is 58.8 Å². The van der Waals surface area contributed by atoms with E-state index in [1.54, 1.807) is 12.1 Å². The zero-order valence-electron chi connectivity index (χ0n) is 13.7. The topological polar surface area (TPSA) is 35.5 Å². The predicted molar refractivity (Wildman–Crippen MR) is 94.2 cm³/mol. The Hall–Kier alpha value is -0.500. The molecule has 3 nitrogen and oxygen atoms in total. The lowest BCUT2D eigenvalue weighted by molar-refractivity contribution is 0.257. The Morgan fingerprint density at radius 2 is 1.68 bits per heavy atom. The lowest BCUT2D eigenvalue weighted by Gasteiger charge is -2.20. The van der Waals surface area contributed by atoms with E-state index in [1.165, 1.54) is 19.3 Å². The van der Waals surface area contributed by atoms with Crippen LogP contribution >= 0.6 is 19.2 Å². The van der Waals surface area contributed by atoms with Crippen LogP contribution in [0.2, 0.25) is 5.02 Å². The standard InChI is InChI=1S/C17H28ClO3P/c1-3-5-7-8-11-14-20-22(19,15-6-4-2)21-17-13-10-9-12-16(17)18/h9-10,12-13H,3-8,11,14-15H2,1-2H3. The smallest absolute Gasteiger partial charge is 0.379 e. The maximum absolute atomic E-state index is 12.9. The molecule has 126 valence electrons. The van der Waals surface area contributed by atoms with Crippen LogP contribution in [0, 0.1) is 0 Å². The van der Waals surface area contributed by atoms with Gasteiger partial charge < -0.3 is 4.52 Å². The molecule has 0 saturated heterocycles. The molecule has 1 unspecified atom stereocenters. The van der Waals surface area contributed by atoms with E-state index in [2.05, 4.69) is 13.8 Å². The van der Waals surface area contributed by atoms with Gasteiger partial charge in [0.2, 0.25) is 0 Å². The van der Waals surface area contributed by atoms with Gasteiger partial charge in [-0.3, -0.25) is 4.52 Å². The minimum absolute atomic E-state index is 0.434. The fourth-order valence-corrected chi connectivity index (χ4v) is 4.14. The second-order valence-electron chi connectivity index (χ2n) is 5.46. The summed E-state index contributed by atoms with van der Waals surface area (Å²) in [6, 6.07) is 7.09. The summed E-state index contributed by atoms with van der Waals surface area (Å²) >= 11 is 6.08. The Balaban J connectivity index is 2.54. The van der Waals surface area contributed by atoms with Crippen molar-refractivity contribution in [2.75, 3.05) is 12.8 Å². The molecule has 0 saturated carbocycles. The summed E-state index contributed by atoms with van der Waals surface area (Å²) in [4.78, 5) is 0. The minimum atomic E-state index is -3.12. The van der Waals surface area contributed by atoms with E-state index in [9.17, 15) is 4.57 Å². The van der Waals surface area contributed by atoms with Crippen molar-refractivity contribution < 1.29 is 13.6 Å². The summed E-state index contributed by atoms with van der Waals surface area (Å²) in [6.07, 6.45) is 7.88. The number of halogens is 1. The monoisotopic (exact) mass is 346 g/mol. The molecule has 0 aliphatic carbocycles. The van der Waals surface area contributed by atoms with Crippen LogP contribution in [0.5, 0.6) is 5.75 Å². The molecule has 1 aromatic carbocycles. The zero-order valence-corrected chi connectivity index (χ0v) is 15.4. The van der Waals surface area contributed by atoms with Crippen LogP contribution in [0.25, 0.3) is 0 Å². The van der Waals surface area contributed by atoms with E-state index >= 15 is 0 Å². The maximum atomic E-state index is 12.9. The van der Waals surface area contributed by atoms with Gasteiger partial charge in [0.25, 0.3) is 0 Å². The van der Waals surface area contributed by atoms with E-state index in [0.717, 1.165) is 25.7 Å². The number of hydrogen-bond donors (Lipinski definition) is 0. The summed E-state index contributed by atoms with van der Waals surface area (Å²) in [5.41, 5.74) is 0. The average Bonchev–Trinajstić information content (AvgIpc) is 2.51. The number of rotatable bonds is 12. The number of benzene rings is 1. The fourth-order valence-electron chi connectivity index (χ4n) is 2.07. The van der Waals surface area contributed by atoms with Gasteiger partial charge in [-0.2, -0.15) is 0 Å². The number of hydrogen-bond acceptors (Lipinski definition) is 3. The normalized spacial score (nSPS) is 13.8. The van der Waals surface area contributed by atoms with Crippen LogP contribution < -0.4 is 4.52 Å². The molecule has 22 heavy (non-hydrogen) atoms. The molecular formula is C17H28ClO3P. The second kappa shape index (κ2) is 11.1. The van der Waals surface area contributed by atoms with E-state index in [-0.39, 0.29) is 0 Å². The lowest BCUT2D eigenvalue weighted by atomic mass is 10.2. The molecule has 0 fully saturated rings.